The van der Waals surface area contributed by atoms with E-state index in [0.29, 0.717) is 11.6 Å². The van der Waals surface area contributed by atoms with Crippen LogP contribution in [0.1, 0.15) is 65.2 Å². The van der Waals surface area contributed by atoms with Gasteiger partial charge in [-0.15, -0.1) is 11.3 Å². The Morgan fingerprint density at radius 1 is 1.06 bits per heavy atom. The van der Waals surface area contributed by atoms with Crippen molar-refractivity contribution in [2.24, 2.45) is 0 Å². The molecule has 0 radical (unpaired) electrons. The van der Waals surface area contributed by atoms with Crippen LogP contribution in [0, 0.1) is 13.8 Å². The van der Waals surface area contributed by atoms with Crippen molar-refractivity contribution in [2.45, 2.75) is 59.5 Å². The van der Waals surface area contributed by atoms with Crippen molar-refractivity contribution in [3.8, 4) is 0 Å². The molecule has 1 fully saturated rings. The van der Waals surface area contributed by atoms with Gasteiger partial charge in [-0.2, -0.15) is 5.10 Å². The van der Waals surface area contributed by atoms with Crippen molar-refractivity contribution in [1.82, 2.24) is 24.6 Å². The van der Waals surface area contributed by atoms with E-state index in [1.54, 1.807) is 11.3 Å². The standard InChI is InChI=1S/C26H34ClN5OS/c1-18-23(27)19(2)32(29-18)15-20-7-9-21(10-8-20)24(33)31-12-6-11-30(13-14-31)16-22-17-34-25(28-22)26(3,4)5/h7-10,17H,6,11-16H2,1-5H3. The Bertz CT molecular complexity index is 1150. The molecule has 0 spiro atoms. The highest BCUT2D eigenvalue weighted by Crippen LogP contribution is 2.26. The minimum atomic E-state index is 0.0870. The Morgan fingerprint density at radius 2 is 1.79 bits per heavy atom. The number of halogens is 1. The minimum absolute atomic E-state index is 0.0870. The second-order valence-corrected chi connectivity index (χ2v) is 11.4. The molecule has 34 heavy (non-hydrogen) atoms. The zero-order valence-electron chi connectivity index (χ0n) is 20.8. The topological polar surface area (TPSA) is 54.3 Å². The summed E-state index contributed by atoms with van der Waals surface area (Å²) in [6.07, 6.45) is 0.971. The summed E-state index contributed by atoms with van der Waals surface area (Å²) in [4.78, 5) is 22.4. The molecule has 1 saturated heterocycles. The maximum Gasteiger partial charge on any atom is 0.253 e. The van der Waals surface area contributed by atoms with Gasteiger partial charge in [0, 0.05) is 49.1 Å². The molecule has 3 heterocycles. The van der Waals surface area contributed by atoms with Crippen LogP contribution in [0.25, 0.3) is 0 Å². The first-order valence-electron chi connectivity index (χ1n) is 11.9. The van der Waals surface area contributed by atoms with Crippen molar-refractivity contribution in [2.75, 3.05) is 26.2 Å². The number of hydrogen-bond acceptors (Lipinski definition) is 5. The maximum absolute atomic E-state index is 13.2. The van der Waals surface area contributed by atoms with Crippen LogP contribution in [0.3, 0.4) is 0 Å². The van der Waals surface area contributed by atoms with E-state index >= 15 is 0 Å². The highest BCUT2D eigenvalue weighted by atomic mass is 35.5. The zero-order valence-corrected chi connectivity index (χ0v) is 22.3. The molecule has 0 atom stereocenters. The average molecular weight is 500 g/mol. The van der Waals surface area contributed by atoms with Crippen LogP contribution in [0.2, 0.25) is 5.02 Å². The number of thiazole rings is 1. The summed E-state index contributed by atoms with van der Waals surface area (Å²) >= 11 is 8.01. The first-order valence-corrected chi connectivity index (χ1v) is 13.1. The molecule has 1 amide bonds. The third kappa shape index (κ3) is 5.70. The van der Waals surface area contributed by atoms with Crippen LogP contribution < -0.4 is 0 Å². The molecular formula is C26H34ClN5OS. The SMILES string of the molecule is Cc1nn(Cc2ccc(C(=O)N3CCCN(Cc4csc(C(C)(C)C)n4)CC3)cc2)c(C)c1Cl. The quantitative estimate of drug-likeness (QED) is 0.477. The lowest BCUT2D eigenvalue weighted by molar-refractivity contribution is 0.0761. The van der Waals surface area contributed by atoms with Crippen LogP contribution in [0.5, 0.6) is 0 Å². The van der Waals surface area contributed by atoms with Gasteiger partial charge < -0.3 is 4.90 Å². The molecular weight excluding hydrogens is 466 g/mol. The average Bonchev–Trinajstić information content (AvgIpc) is 3.27. The molecule has 3 aromatic rings. The van der Waals surface area contributed by atoms with Gasteiger partial charge in [-0.25, -0.2) is 4.98 Å². The molecule has 0 N–H and O–H groups in total. The number of hydrogen-bond donors (Lipinski definition) is 0. The Hall–Kier alpha value is -2.22. The van der Waals surface area contributed by atoms with Crippen molar-refractivity contribution in [3.05, 3.63) is 67.9 Å². The summed E-state index contributed by atoms with van der Waals surface area (Å²) in [7, 11) is 0. The fraction of sp³-hybridized carbons (Fsp3) is 0.500. The van der Waals surface area contributed by atoms with E-state index in [0.717, 1.165) is 67.4 Å². The second-order valence-electron chi connectivity index (χ2n) is 10.2. The summed E-state index contributed by atoms with van der Waals surface area (Å²) in [6.45, 7) is 15.3. The summed E-state index contributed by atoms with van der Waals surface area (Å²) in [5.41, 5.74) is 4.85. The maximum atomic E-state index is 13.2. The zero-order chi connectivity index (χ0) is 24.5. The van der Waals surface area contributed by atoms with Gasteiger partial charge >= 0.3 is 0 Å². The van der Waals surface area contributed by atoms with Gasteiger partial charge in [0.2, 0.25) is 0 Å². The normalized spacial score (nSPS) is 15.5. The van der Waals surface area contributed by atoms with Gasteiger partial charge in [-0.05, 0) is 38.0 Å². The molecule has 8 heteroatoms. The van der Waals surface area contributed by atoms with Gasteiger partial charge in [0.15, 0.2) is 0 Å². The fourth-order valence-corrected chi connectivity index (χ4v) is 5.26. The summed E-state index contributed by atoms with van der Waals surface area (Å²) in [6, 6.07) is 7.88. The number of nitrogens with zero attached hydrogens (tertiary/aromatic N) is 5. The molecule has 6 nitrogen and oxygen atoms in total. The van der Waals surface area contributed by atoms with E-state index < -0.39 is 0 Å². The molecule has 1 aromatic carbocycles. The molecule has 0 unspecified atom stereocenters. The molecule has 182 valence electrons. The predicted molar refractivity (Wildman–Crippen MR) is 139 cm³/mol. The Kier molecular flexibility index (Phi) is 7.45. The van der Waals surface area contributed by atoms with Crippen molar-refractivity contribution >= 4 is 28.8 Å². The van der Waals surface area contributed by atoms with Crippen LogP contribution in [-0.4, -0.2) is 56.7 Å². The number of amides is 1. The molecule has 2 aromatic heterocycles. The van der Waals surface area contributed by atoms with Crippen LogP contribution in [-0.2, 0) is 18.5 Å². The summed E-state index contributed by atoms with van der Waals surface area (Å²) in [5, 5.41) is 8.57. The van der Waals surface area contributed by atoms with Crippen LogP contribution >= 0.6 is 22.9 Å². The van der Waals surface area contributed by atoms with E-state index in [2.05, 4.69) is 36.1 Å². The monoisotopic (exact) mass is 499 g/mol. The first-order chi connectivity index (χ1) is 16.1. The second kappa shape index (κ2) is 10.2. The first kappa shape index (κ1) is 24.9. The Labute approximate surface area is 211 Å². The molecule has 4 rings (SSSR count). The number of benzene rings is 1. The number of carbonyl (C=O) groups is 1. The molecule has 1 aliphatic rings. The molecule has 0 saturated carbocycles. The number of aromatic nitrogens is 3. The smallest absolute Gasteiger partial charge is 0.253 e. The Balaban J connectivity index is 1.34. The van der Waals surface area contributed by atoms with E-state index in [9.17, 15) is 4.79 Å². The van der Waals surface area contributed by atoms with Gasteiger partial charge in [0.25, 0.3) is 5.91 Å². The number of rotatable bonds is 5. The fourth-order valence-electron chi connectivity index (χ4n) is 4.22. The van der Waals surface area contributed by atoms with Crippen molar-refractivity contribution in [1.29, 1.82) is 0 Å². The minimum Gasteiger partial charge on any atom is -0.337 e. The third-order valence-corrected chi connectivity index (χ3v) is 8.14. The van der Waals surface area contributed by atoms with Gasteiger partial charge in [0.1, 0.15) is 0 Å². The van der Waals surface area contributed by atoms with Crippen molar-refractivity contribution in [3.63, 3.8) is 0 Å². The number of aryl methyl sites for hydroxylation is 1. The largest absolute Gasteiger partial charge is 0.337 e. The van der Waals surface area contributed by atoms with Gasteiger partial charge in [0.05, 0.1) is 33.7 Å². The Morgan fingerprint density at radius 3 is 2.41 bits per heavy atom. The number of carbonyl (C=O) groups excluding carboxylic acids is 1. The molecule has 0 aliphatic carbocycles. The van der Waals surface area contributed by atoms with Gasteiger partial charge in [-0.3, -0.25) is 14.4 Å². The lowest BCUT2D eigenvalue weighted by atomic mass is 9.98. The lowest BCUT2D eigenvalue weighted by Gasteiger charge is -2.22. The third-order valence-electron chi connectivity index (χ3n) is 6.28. The van der Waals surface area contributed by atoms with Crippen LogP contribution in [0.4, 0.5) is 0 Å². The van der Waals surface area contributed by atoms with E-state index in [1.165, 1.54) is 5.01 Å². The summed E-state index contributed by atoms with van der Waals surface area (Å²) < 4.78 is 1.91. The molecule has 0 bridgehead atoms. The van der Waals surface area contributed by atoms with E-state index in [1.807, 2.05) is 47.7 Å². The van der Waals surface area contributed by atoms with Crippen LogP contribution in [0.15, 0.2) is 29.6 Å². The highest BCUT2D eigenvalue weighted by molar-refractivity contribution is 7.09. The van der Waals surface area contributed by atoms with Gasteiger partial charge in [-0.1, -0.05) is 44.5 Å². The lowest BCUT2D eigenvalue weighted by Crippen LogP contribution is -2.35. The molecule has 1 aliphatic heterocycles. The highest BCUT2D eigenvalue weighted by Gasteiger charge is 2.22. The predicted octanol–water partition coefficient (Wildman–Crippen LogP) is 5.30. The van der Waals surface area contributed by atoms with E-state index in [4.69, 9.17) is 16.6 Å². The summed E-state index contributed by atoms with van der Waals surface area (Å²) in [5.74, 6) is 0.103. The van der Waals surface area contributed by atoms with E-state index in [-0.39, 0.29) is 11.3 Å². The van der Waals surface area contributed by atoms with Crippen molar-refractivity contribution < 1.29 is 4.79 Å².